The van der Waals surface area contributed by atoms with Gasteiger partial charge in [0.15, 0.2) is 0 Å². The molecule has 0 radical (unpaired) electrons. The molecule has 19 heavy (non-hydrogen) atoms. The molecule has 2 aromatic rings. The zero-order valence-electron chi connectivity index (χ0n) is 11.2. The first kappa shape index (κ1) is 12.9. The van der Waals surface area contributed by atoms with Gasteiger partial charge in [0.25, 0.3) is 0 Å². The van der Waals surface area contributed by atoms with Gasteiger partial charge in [0.1, 0.15) is 17.8 Å². The number of fused-ring (bicyclic) bond motifs is 1. The van der Waals surface area contributed by atoms with Crippen molar-refractivity contribution in [3.8, 4) is 0 Å². The SMILES string of the molecule is CNc1ncnc2c1c(C1CCNCC1)c(Br)n2C. The fourth-order valence-electron chi connectivity index (χ4n) is 2.93. The van der Waals surface area contributed by atoms with Gasteiger partial charge in [0.2, 0.25) is 0 Å². The maximum atomic E-state index is 4.43. The summed E-state index contributed by atoms with van der Waals surface area (Å²) in [6.45, 7) is 2.16. The average Bonchev–Trinajstić information content (AvgIpc) is 2.72. The summed E-state index contributed by atoms with van der Waals surface area (Å²) in [5.41, 5.74) is 2.34. The lowest BCUT2D eigenvalue weighted by Gasteiger charge is -2.23. The third-order valence-corrected chi connectivity index (χ3v) is 4.87. The van der Waals surface area contributed by atoms with Crippen molar-refractivity contribution in [2.24, 2.45) is 7.05 Å². The fourth-order valence-corrected chi connectivity index (χ4v) is 3.62. The van der Waals surface area contributed by atoms with Crippen molar-refractivity contribution >= 4 is 32.8 Å². The molecule has 3 heterocycles. The summed E-state index contributed by atoms with van der Waals surface area (Å²) in [5.74, 6) is 1.48. The molecule has 102 valence electrons. The van der Waals surface area contributed by atoms with E-state index in [1.165, 1.54) is 5.56 Å². The normalized spacial score (nSPS) is 17.0. The second-order valence-electron chi connectivity index (χ2n) is 4.96. The zero-order valence-corrected chi connectivity index (χ0v) is 12.8. The average molecular weight is 324 g/mol. The van der Waals surface area contributed by atoms with Crippen LogP contribution in [0.2, 0.25) is 0 Å². The van der Waals surface area contributed by atoms with E-state index in [4.69, 9.17) is 0 Å². The second kappa shape index (κ2) is 5.09. The van der Waals surface area contributed by atoms with Gasteiger partial charge in [-0.1, -0.05) is 0 Å². The lowest BCUT2D eigenvalue weighted by Crippen LogP contribution is -2.26. The smallest absolute Gasteiger partial charge is 0.146 e. The Hall–Kier alpha value is -1.14. The summed E-state index contributed by atoms with van der Waals surface area (Å²) in [5, 5.41) is 7.77. The molecule has 1 aliphatic rings. The van der Waals surface area contributed by atoms with Crippen LogP contribution in [0.3, 0.4) is 0 Å². The Morgan fingerprint density at radius 3 is 2.79 bits per heavy atom. The molecule has 1 fully saturated rings. The molecule has 6 heteroatoms. The standard InChI is InChI=1S/C13H18BrN5/c1-15-12-10-9(8-3-5-16-6-4-8)11(14)19(2)13(10)18-7-17-12/h7-8,16H,3-6H2,1-2H3,(H,15,17,18). The summed E-state index contributed by atoms with van der Waals surface area (Å²) in [7, 11) is 3.96. The molecule has 2 N–H and O–H groups in total. The molecule has 1 saturated heterocycles. The molecule has 0 saturated carbocycles. The molecule has 0 aromatic carbocycles. The predicted octanol–water partition coefficient (Wildman–Crippen LogP) is 2.24. The molecule has 0 spiro atoms. The zero-order chi connectivity index (χ0) is 13.4. The molecular formula is C13H18BrN5. The van der Waals surface area contributed by atoms with Crippen molar-refractivity contribution in [3.05, 3.63) is 16.5 Å². The first-order chi connectivity index (χ1) is 9.24. The van der Waals surface area contributed by atoms with Crippen LogP contribution in [-0.4, -0.2) is 34.7 Å². The molecule has 2 aromatic heterocycles. The fraction of sp³-hybridized carbons (Fsp3) is 0.538. The van der Waals surface area contributed by atoms with Crippen molar-refractivity contribution in [1.29, 1.82) is 0 Å². The summed E-state index contributed by atoms with van der Waals surface area (Å²) < 4.78 is 3.24. The number of hydrogen-bond acceptors (Lipinski definition) is 4. The number of anilines is 1. The van der Waals surface area contributed by atoms with Gasteiger partial charge in [0, 0.05) is 19.7 Å². The van der Waals surface area contributed by atoms with E-state index >= 15 is 0 Å². The van der Waals surface area contributed by atoms with E-state index in [-0.39, 0.29) is 0 Å². The third kappa shape index (κ3) is 2.03. The van der Waals surface area contributed by atoms with E-state index in [9.17, 15) is 0 Å². The van der Waals surface area contributed by atoms with E-state index in [0.717, 1.165) is 47.4 Å². The highest BCUT2D eigenvalue weighted by Crippen LogP contribution is 2.40. The maximum absolute atomic E-state index is 4.43. The first-order valence-electron chi connectivity index (χ1n) is 6.61. The molecule has 0 amide bonds. The van der Waals surface area contributed by atoms with Crippen LogP contribution >= 0.6 is 15.9 Å². The number of nitrogens with one attached hydrogen (secondary N) is 2. The molecular weight excluding hydrogens is 306 g/mol. The minimum atomic E-state index is 0.567. The van der Waals surface area contributed by atoms with Crippen molar-refractivity contribution in [3.63, 3.8) is 0 Å². The number of rotatable bonds is 2. The molecule has 0 atom stereocenters. The van der Waals surface area contributed by atoms with E-state index < -0.39 is 0 Å². The van der Waals surface area contributed by atoms with Gasteiger partial charge in [-0.3, -0.25) is 0 Å². The van der Waals surface area contributed by atoms with Crippen LogP contribution in [0.15, 0.2) is 10.9 Å². The van der Waals surface area contributed by atoms with Gasteiger partial charge in [-0.15, -0.1) is 0 Å². The highest BCUT2D eigenvalue weighted by molar-refractivity contribution is 9.10. The molecule has 0 unspecified atom stereocenters. The lowest BCUT2D eigenvalue weighted by molar-refractivity contribution is 0.460. The summed E-state index contributed by atoms with van der Waals surface area (Å²) in [6, 6.07) is 0. The van der Waals surface area contributed by atoms with E-state index in [1.54, 1.807) is 6.33 Å². The third-order valence-electron chi connectivity index (χ3n) is 3.92. The molecule has 1 aliphatic heterocycles. The van der Waals surface area contributed by atoms with Crippen LogP contribution in [0.5, 0.6) is 0 Å². The Balaban J connectivity index is 2.24. The number of aromatic nitrogens is 3. The van der Waals surface area contributed by atoms with Gasteiger partial charge in [0.05, 0.1) is 9.99 Å². The van der Waals surface area contributed by atoms with Gasteiger partial charge in [-0.05, 0) is 47.8 Å². The Morgan fingerprint density at radius 2 is 2.11 bits per heavy atom. The van der Waals surface area contributed by atoms with Crippen molar-refractivity contribution in [1.82, 2.24) is 19.9 Å². The topological polar surface area (TPSA) is 54.8 Å². The molecule has 5 nitrogen and oxygen atoms in total. The minimum Gasteiger partial charge on any atom is -0.372 e. The second-order valence-corrected chi connectivity index (χ2v) is 5.71. The number of piperidine rings is 1. The Kier molecular flexibility index (Phi) is 3.45. The molecule has 3 rings (SSSR count). The van der Waals surface area contributed by atoms with E-state index in [0.29, 0.717) is 5.92 Å². The van der Waals surface area contributed by atoms with Crippen LogP contribution in [0.4, 0.5) is 5.82 Å². The summed E-state index contributed by atoms with van der Waals surface area (Å²) >= 11 is 3.74. The summed E-state index contributed by atoms with van der Waals surface area (Å²) in [6.07, 6.45) is 3.94. The predicted molar refractivity (Wildman–Crippen MR) is 80.6 cm³/mol. The van der Waals surface area contributed by atoms with Crippen LogP contribution in [-0.2, 0) is 7.05 Å². The van der Waals surface area contributed by atoms with Gasteiger partial charge >= 0.3 is 0 Å². The Morgan fingerprint density at radius 1 is 1.37 bits per heavy atom. The van der Waals surface area contributed by atoms with Gasteiger partial charge in [-0.2, -0.15) is 0 Å². The first-order valence-corrected chi connectivity index (χ1v) is 7.40. The van der Waals surface area contributed by atoms with E-state index in [1.807, 2.05) is 14.1 Å². The number of halogens is 1. The van der Waals surface area contributed by atoms with Crippen molar-refractivity contribution in [2.75, 3.05) is 25.5 Å². The van der Waals surface area contributed by atoms with Crippen LogP contribution in [0.1, 0.15) is 24.3 Å². The van der Waals surface area contributed by atoms with Gasteiger partial charge in [-0.25, -0.2) is 9.97 Å². The van der Waals surface area contributed by atoms with Crippen LogP contribution in [0, 0.1) is 0 Å². The van der Waals surface area contributed by atoms with Crippen molar-refractivity contribution in [2.45, 2.75) is 18.8 Å². The Bertz CT molecular complexity index is 601. The lowest BCUT2D eigenvalue weighted by atomic mass is 9.90. The minimum absolute atomic E-state index is 0.567. The number of hydrogen-bond donors (Lipinski definition) is 2. The van der Waals surface area contributed by atoms with E-state index in [2.05, 4.69) is 41.1 Å². The quantitative estimate of drug-likeness (QED) is 0.890. The Labute approximate surface area is 120 Å². The number of aryl methyl sites for hydroxylation is 1. The molecule has 0 bridgehead atoms. The van der Waals surface area contributed by atoms with Crippen molar-refractivity contribution < 1.29 is 0 Å². The summed E-state index contributed by atoms with van der Waals surface area (Å²) in [4.78, 5) is 8.80. The van der Waals surface area contributed by atoms with Crippen LogP contribution < -0.4 is 10.6 Å². The largest absolute Gasteiger partial charge is 0.372 e. The maximum Gasteiger partial charge on any atom is 0.146 e. The van der Waals surface area contributed by atoms with Gasteiger partial charge < -0.3 is 15.2 Å². The highest BCUT2D eigenvalue weighted by Gasteiger charge is 2.25. The molecule has 0 aliphatic carbocycles. The monoisotopic (exact) mass is 323 g/mol. The highest BCUT2D eigenvalue weighted by atomic mass is 79.9. The number of nitrogens with zero attached hydrogens (tertiary/aromatic N) is 3. The van der Waals surface area contributed by atoms with Crippen LogP contribution in [0.25, 0.3) is 11.0 Å².